The van der Waals surface area contributed by atoms with Crippen LogP contribution in [0.1, 0.15) is 45.6 Å². The van der Waals surface area contributed by atoms with Crippen LogP contribution in [0.3, 0.4) is 0 Å². The highest BCUT2D eigenvalue weighted by atomic mass is 35.5. The number of alkyl carbamates (subject to hydrolysis) is 1. The summed E-state index contributed by atoms with van der Waals surface area (Å²) in [7, 11) is 0. The number of rotatable bonds is 7. The minimum atomic E-state index is -0.476. The summed E-state index contributed by atoms with van der Waals surface area (Å²) in [6, 6.07) is 3.75. The Bertz CT molecular complexity index is 702. The molecule has 2 fully saturated rings. The Morgan fingerprint density at radius 1 is 1.18 bits per heavy atom. The van der Waals surface area contributed by atoms with Crippen LogP contribution in [0, 0.1) is 11.8 Å². The fraction of sp³-hybridized carbons (Fsp3) is 0.667. The summed E-state index contributed by atoms with van der Waals surface area (Å²) in [4.78, 5) is 14.2. The topological polar surface area (TPSA) is 50.8 Å². The number of hydrogen-bond donors (Lipinski definition) is 1. The van der Waals surface area contributed by atoms with E-state index in [-0.39, 0.29) is 6.09 Å². The van der Waals surface area contributed by atoms with Crippen LogP contribution in [0.5, 0.6) is 5.75 Å². The SMILES string of the molecule is CC(C)(C)OC(=O)NC[C@@H]1CCN(Cc2cc(Cl)c(Cl)cc2OCC2CC2)C1. The average molecular weight is 429 g/mol. The molecule has 0 radical (unpaired) electrons. The second-order valence-electron chi connectivity index (χ2n) is 8.90. The first kappa shape index (κ1) is 21.5. The molecule has 3 rings (SSSR count). The lowest BCUT2D eigenvalue weighted by atomic mass is 10.1. The van der Waals surface area contributed by atoms with E-state index in [0.717, 1.165) is 44.0 Å². The van der Waals surface area contributed by atoms with Crippen molar-refractivity contribution < 1.29 is 14.3 Å². The van der Waals surface area contributed by atoms with Crippen LogP contribution in [0.2, 0.25) is 10.0 Å². The van der Waals surface area contributed by atoms with E-state index in [9.17, 15) is 4.79 Å². The third kappa shape index (κ3) is 6.71. The van der Waals surface area contributed by atoms with Crippen molar-refractivity contribution in [2.24, 2.45) is 11.8 Å². The quantitative estimate of drug-likeness (QED) is 0.653. The maximum absolute atomic E-state index is 11.8. The molecular weight excluding hydrogens is 399 g/mol. The van der Waals surface area contributed by atoms with Gasteiger partial charge in [0.2, 0.25) is 0 Å². The molecule has 0 unspecified atom stereocenters. The van der Waals surface area contributed by atoms with Gasteiger partial charge in [-0.1, -0.05) is 23.2 Å². The van der Waals surface area contributed by atoms with Crippen LogP contribution in [-0.4, -0.2) is 42.8 Å². The van der Waals surface area contributed by atoms with Gasteiger partial charge in [0.15, 0.2) is 0 Å². The van der Waals surface area contributed by atoms with Gasteiger partial charge < -0.3 is 14.8 Å². The van der Waals surface area contributed by atoms with Crippen LogP contribution < -0.4 is 10.1 Å². The summed E-state index contributed by atoms with van der Waals surface area (Å²) in [5.41, 5.74) is 0.590. The molecule has 1 saturated heterocycles. The Morgan fingerprint density at radius 2 is 1.89 bits per heavy atom. The molecule has 1 amide bonds. The van der Waals surface area contributed by atoms with Gasteiger partial charge >= 0.3 is 6.09 Å². The number of carbonyl (C=O) groups excluding carboxylic acids is 1. The molecule has 7 heteroatoms. The van der Waals surface area contributed by atoms with Gasteiger partial charge in [0.1, 0.15) is 11.4 Å². The average Bonchev–Trinajstić information content (AvgIpc) is 3.31. The van der Waals surface area contributed by atoms with Crippen molar-refractivity contribution >= 4 is 29.3 Å². The maximum atomic E-state index is 11.8. The molecule has 0 aromatic heterocycles. The highest BCUT2D eigenvalue weighted by molar-refractivity contribution is 6.42. The van der Waals surface area contributed by atoms with Gasteiger partial charge in [-0.25, -0.2) is 4.79 Å². The zero-order valence-corrected chi connectivity index (χ0v) is 18.4. The van der Waals surface area contributed by atoms with Crippen molar-refractivity contribution in [2.45, 2.75) is 52.2 Å². The summed E-state index contributed by atoms with van der Waals surface area (Å²) >= 11 is 12.4. The molecule has 28 heavy (non-hydrogen) atoms. The summed E-state index contributed by atoms with van der Waals surface area (Å²) in [5, 5.41) is 3.96. The first-order valence-corrected chi connectivity index (χ1v) is 10.7. The van der Waals surface area contributed by atoms with Gasteiger partial charge in [0.05, 0.1) is 16.7 Å². The number of hydrogen-bond acceptors (Lipinski definition) is 4. The van der Waals surface area contributed by atoms with Crippen LogP contribution in [0.15, 0.2) is 12.1 Å². The summed E-state index contributed by atoms with van der Waals surface area (Å²) in [6.45, 7) is 9.62. The third-order valence-corrected chi connectivity index (χ3v) is 5.69. The van der Waals surface area contributed by atoms with Gasteiger partial charge in [0.25, 0.3) is 0 Å². The number of benzene rings is 1. The Morgan fingerprint density at radius 3 is 2.57 bits per heavy atom. The number of carbonyl (C=O) groups is 1. The lowest BCUT2D eigenvalue weighted by molar-refractivity contribution is 0.0519. The second-order valence-corrected chi connectivity index (χ2v) is 9.72. The monoisotopic (exact) mass is 428 g/mol. The van der Waals surface area contributed by atoms with Crippen molar-refractivity contribution in [2.75, 3.05) is 26.2 Å². The van der Waals surface area contributed by atoms with Crippen LogP contribution in [0.25, 0.3) is 0 Å². The highest BCUT2D eigenvalue weighted by Crippen LogP contribution is 2.35. The lowest BCUT2D eigenvalue weighted by Crippen LogP contribution is -2.36. The van der Waals surface area contributed by atoms with E-state index in [1.54, 1.807) is 0 Å². The molecule has 1 N–H and O–H groups in total. The predicted octanol–water partition coefficient (Wildman–Crippen LogP) is 5.13. The van der Waals surface area contributed by atoms with Gasteiger partial charge in [-0.3, -0.25) is 4.90 Å². The molecule has 2 aliphatic rings. The highest BCUT2D eigenvalue weighted by Gasteiger charge is 2.26. The molecule has 0 spiro atoms. The largest absolute Gasteiger partial charge is 0.493 e. The van der Waals surface area contributed by atoms with Crippen molar-refractivity contribution in [1.82, 2.24) is 10.2 Å². The number of likely N-dealkylation sites (tertiary alicyclic amines) is 1. The molecule has 1 aliphatic heterocycles. The standard InChI is InChI=1S/C21H30Cl2N2O3/c1-21(2,3)28-20(26)24-10-15-6-7-25(11-15)12-16-8-17(22)18(23)9-19(16)27-13-14-4-5-14/h8-9,14-15H,4-7,10-13H2,1-3H3,(H,24,26)/t15-/m0/s1. The molecular formula is C21H30Cl2N2O3. The van der Waals surface area contributed by atoms with Gasteiger partial charge in [-0.15, -0.1) is 0 Å². The van der Waals surface area contributed by atoms with Crippen LogP contribution in [0.4, 0.5) is 4.79 Å². The number of nitrogens with zero attached hydrogens (tertiary/aromatic N) is 1. The minimum absolute atomic E-state index is 0.355. The lowest BCUT2D eigenvalue weighted by Gasteiger charge is -2.21. The van der Waals surface area contributed by atoms with Gasteiger partial charge in [-0.2, -0.15) is 0 Å². The summed E-state index contributed by atoms with van der Waals surface area (Å²) in [5.74, 6) is 1.92. The van der Waals surface area contributed by atoms with E-state index in [4.69, 9.17) is 32.7 Å². The number of nitrogens with one attached hydrogen (secondary N) is 1. The van der Waals surface area contributed by atoms with Crippen molar-refractivity contribution in [3.05, 3.63) is 27.7 Å². The molecule has 156 valence electrons. The van der Waals surface area contributed by atoms with Crippen molar-refractivity contribution in [1.29, 1.82) is 0 Å². The van der Waals surface area contributed by atoms with Crippen molar-refractivity contribution in [3.63, 3.8) is 0 Å². The fourth-order valence-electron chi connectivity index (χ4n) is 3.33. The maximum Gasteiger partial charge on any atom is 0.407 e. The van der Waals surface area contributed by atoms with Crippen molar-refractivity contribution in [3.8, 4) is 5.75 Å². The number of ether oxygens (including phenoxy) is 2. The summed E-state index contributed by atoms with van der Waals surface area (Å²) in [6.07, 6.45) is 3.17. The first-order chi connectivity index (χ1) is 13.2. The first-order valence-electron chi connectivity index (χ1n) is 9.99. The van der Waals surface area contributed by atoms with Gasteiger partial charge in [0, 0.05) is 31.3 Å². The zero-order chi connectivity index (χ0) is 20.3. The Balaban J connectivity index is 1.51. The van der Waals surface area contributed by atoms with E-state index in [1.807, 2.05) is 32.9 Å². The van der Waals surface area contributed by atoms with E-state index < -0.39 is 5.60 Å². The zero-order valence-electron chi connectivity index (χ0n) is 16.9. The molecule has 0 bridgehead atoms. The molecule has 1 aromatic carbocycles. The molecule has 1 heterocycles. The second kappa shape index (κ2) is 9.10. The molecule has 5 nitrogen and oxygen atoms in total. The van der Waals surface area contributed by atoms with E-state index in [1.165, 1.54) is 12.8 Å². The normalized spacial score (nSPS) is 20.2. The van der Waals surface area contributed by atoms with Crippen LogP contribution in [-0.2, 0) is 11.3 Å². The van der Waals surface area contributed by atoms with Crippen LogP contribution >= 0.6 is 23.2 Å². The minimum Gasteiger partial charge on any atom is -0.493 e. The molecule has 1 aliphatic carbocycles. The Kier molecular flexibility index (Phi) is 7.00. The number of amides is 1. The summed E-state index contributed by atoms with van der Waals surface area (Å²) < 4.78 is 11.3. The Hall–Kier alpha value is -1.17. The molecule has 1 atom stereocenters. The third-order valence-electron chi connectivity index (χ3n) is 4.97. The van der Waals surface area contributed by atoms with E-state index >= 15 is 0 Å². The van der Waals surface area contributed by atoms with E-state index in [2.05, 4.69) is 10.2 Å². The smallest absolute Gasteiger partial charge is 0.407 e. The van der Waals surface area contributed by atoms with E-state index in [0.29, 0.717) is 28.4 Å². The fourth-order valence-corrected chi connectivity index (χ4v) is 3.67. The predicted molar refractivity (Wildman–Crippen MR) is 112 cm³/mol. The molecule has 1 aromatic rings. The molecule has 1 saturated carbocycles. The van der Waals surface area contributed by atoms with Gasteiger partial charge in [-0.05, 0) is 64.5 Å². The Labute approximate surface area is 177 Å². The number of halogens is 2.